The highest BCUT2D eigenvalue weighted by Gasteiger charge is 2.09. The van der Waals surface area contributed by atoms with Crippen LogP contribution in [0.1, 0.15) is 5.56 Å². The smallest absolute Gasteiger partial charge is 0.166 e. The van der Waals surface area contributed by atoms with Gasteiger partial charge in [0, 0.05) is 16.3 Å². The fourth-order valence-corrected chi connectivity index (χ4v) is 2.76. The van der Waals surface area contributed by atoms with Crippen molar-refractivity contribution in [3.8, 4) is 17.2 Å². The molecule has 0 unspecified atom stereocenters. The first-order valence-corrected chi connectivity index (χ1v) is 7.70. The molecule has 3 rings (SSSR count). The van der Waals surface area contributed by atoms with Gasteiger partial charge < -0.3 is 14.9 Å². The standard InChI is InChI=1S/C18H14BrNO3/c1-23-17-9-14(19)6-13(18(17)22)10-20-15-7-11-4-2-3-5-12(11)8-16(15)21/h2-10,21-22H,1H3. The molecule has 0 aliphatic rings. The van der Waals surface area contributed by atoms with E-state index in [1.807, 2.05) is 24.3 Å². The van der Waals surface area contributed by atoms with Gasteiger partial charge in [-0.1, -0.05) is 40.2 Å². The lowest BCUT2D eigenvalue weighted by molar-refractivity contribution is 0.373. The fourth-order valence-electron chi connectivity index (χ4n) is 2.31. The van der Waals surface area contributed by atoms with Crippen molar-refractivity contribution in [2.24, 2.45) is 4.99 Å². The molecule has 0 fully saturated rings. The Morgan fingerprint density at radius 1 is 1.04 bits per heavy atom. The molecule has 0 aliphatic heterocycles. The molecule has 116 valence electrons. The van der Waals surface area contributed by atoms with Crippen molar-refractivity contribution in [1.29, 1.82) is 0 Å². The number of methoxy groups -OCH3 is 1. The van der Waals surface area contributed by atoms with E-state index in [4.69, 9.17) is 4.74 Å². The van der Waals surface area contributed by atoms with E-state index in [0.29, 0.717) is 17.0 Å². The predicted octanol–water partition coefficient (Wildman–Crippen LogP) is 4.77. The Balaban J connectivity index is 2.03. The molecule has 0 bridgehead atoms. The maximum absolute atomic E-state index is 10.1. The molecular formula is C18H14BrNO3. The Morgan fingerprint density at radius 2 is 1.74 bits per heavy atom. The van der Waals surface area contributed by atoms with E-state index in [1.165, 1.54) is 13.3 Å². The first-order chi connectivity index (χ1) is 11.1. The van der Waals surface area contributed by atoms with Gasteiger partial charge in [0.2, 0.25) is 0 Å². The van der Waals surface area contributed by atoms with Crippen LogP contribution < -0.4 is 4.74 Å². The number of rotatable bonds is 3. The maximum atomic E-state index is 10.1. The molecule has 0 amide bonds. The van der Waals surface area contributed by atoms with Crippen LogP contribution in [-0.4, -0.2) is 23.5 Å². The molecule has 0 aromatic heterocycles. The zero-order valence-electron chi connectivity index (χ0n) is 12.3. The molecule has 0 saturated heterocycles. The second kappa shape index (κ2) is 6.30. The van der Waals surface area contributed by atoms with Gasteiger partial charge in [-0.2, -0.15) is 0 Å². The Hall–Kier alpha value is -2.53. The molecule has 0 aliphatic carbocycles. The van der Waals surface area contributed by atoms with Gasteiger partial charge >= 0.3 is 0 Å². The summed E-state index contributed by atoms with van der Waals surface area (Å²) in [7, 11) is 1.48. The third-order valence-corrected chi connectivity index (χ3v) is 3.93. The summed E-state index contributed by atoms with van der Waals surface area (Å²) in [5.74, 6) is 0.435. The molecule has 0 spiro atoms. The van der Waals surface area contributed by atoms with Crippen molar-refractivity contribution in [1.82, 2.24) is 0 Å². The van der Waals surface area contributed by atoms with E-state index in [-0.39, 0.29) is 11.5 Å². The second-order valence-corrected chi connectivity index (χ2v) is 5.91. The summed E-state index contributed by atoms with van der Waals surface area (Å²) < 4.78 is 5.87. The van der Waals surface area contributed by atoms with Crippen molar-refractivity contribution in [2.45, 2.75) is 0 Å². The molecule has 5 heteroatoms. The molecule has 2 N–H and O–H groups in total. The molecule has 0 saturated carbocycles. The van der Waals surface area contributed by atoms with Gasteiger partial charge in [0.15, 0.2) is 11.5 Å². The minimum Gasteiger partial charge on any atom is -0.506 e. The van der Waals surface area contributed by atoms with E-state index < -0.39 is 0 Å². The third kappa shape index (κ3) is 3.14. The van der Waals surface area contributed by atoms with Gasteiger partial charge in [0.25, 0.3) is 0 Å². The molecule has 4 nitrogen and oxygen atoms in total. The number of hydrogen-bond acceptors (Lipinski definition) is 4. The first kappa shape index (κ1) is 15.4. The average Bonchev–Trinajstić information content (AvgIpc) is 2.55. The first-order valence-electron chi connectivity index (χ1n) is 6.91. The summed E-state index contributed by atoms with van der Waals surface area (Å²) in [6, 6.07) is 14.6. The summed E-state index contributed by atoms with van der Waals surface area (Å²) >= 11 is 3.36. The number of halogens is 1. The van der Waals surface area contributed by atoms with Gasteiger partial charge in [-0.05, 0) is 35.0 Å². The molecule has 0 heterocycles. The highest BCUT2D eigenvalue weighted by molar-refractivity contribution is 9.10. The van der Waals surface area contributed by atoms with Crippen LogP contribution >= 0.6 is 15.9 Å². The van der Waals surface area contributed by atoms with Gasteiger partial charge in [-0.25, -0.2) is 0 Å². The summed E-state index contributed by atoms with van der Waals surface area (Å²) in [6.45, 7) is 0. The van der Waals surface area contributed by atoms with Crippen LogP contribution in [0, 0.1) is 0 Å². The van der Waals surface area contributed by atoms with Gasteiger partial charge in [-0.15, -0.1) is 0 Å². The minimum atomic E-state index is -0.000251. The zero-order chi connectivity index (χ0) is 16.4. The van der Waals surface area contributed by atoms with Crippen LogP contribution in [0.2, 0.25) is 0 Å². The van der Waals surface area contributed by atoms with E-state index in [9.17, 15) is 10.2 Å². The van der Waals surface area contributed by atoms with E-state index in [1.54, 1.807) is 24.3 Å². The highest BCUT2D eigenvalue weighted by atomic mass is 79.9. The molecular weight excluding hydrogens is 358 g/mol. The Bertz CT molecular complexity index is 906. The number of fused-ring (bicyclic) bond motifs is 1. The molecule has 23 heavy (non-hydrogen) atoms. The summed E-state index contributed by atoms with van der Waals surface area (Å²) in [5.41, 5.74) is 0.922. The monoisotopic (exact) mass is 371 g/mol. The number of nitrogens with zero attached hydrogens (tertiary/aromatic N) is 1. The van der Waals surface area contributed by atoms with Gasteiger partial charge in [-0.3, -0.25) is 4.99 Å². The van der Waals surface area contributed by atoms with Crippen LogP contribution in [0.5, 0.6) is 17.2 Å². The summed E-state index contributed by atoms with van der Waals surface area (Å²) in [6.07, 6.45) is 1.49. The van der Waals surface area contributed by atoms with Crippen LogP contribution in [0.15, 0.2) is 58.0 Å². The van der Waals surface area contributed by atoms with E-state index in [2.05, 4.69) is 20.9 Å². The summed E-state index contributed by atoms with van der Waals surface area (Å²) in [5, 5.41) is 22.2. The van der Waals surface area contributed by atoms with Crippen molar-refractivity contribution in [2.75, 3.05) is 7.11 Å². The lowest BCUT2D eigenvalue weighted by Crippen LogP contribution is -1.89. The maximum Gasteiger partial charge on any atom is 0.166 e. The SMILES string of the molecule is COc1cc(Br)cc(C=Nc2cc3ccccc3cc2O)c1O. The highest BCUT2D eigenvalue weighted by Crippen LogP contribution is 2.34. The average molecular weight is 372 g/mol. The predicted molar refractivity (Wildman–Crippen MR) is 95.2 cm³/mol. The lowest BCUT2D eigenvalue weighted by Gasteiger charge is -2.07. The van der Waals surface area contributed by atoms with E-state index in [0.717, 1.165) is 15.2 Å². The summed E-state index contributed by atoms with van der Waals surface area (Å²) in [4.78, 5) is 4.29. The minimum absolute atomic E-state index is 0.000251. The lowest BCUT2D eigenvalue weighted by atomic mass is 10.1. The number of hydrogen-bond donors (Lipinski definition) is 2. The number of benzene rings is 3. The van der Waals surface area contributed by atoms with Gasteiger partial charge in [0.05, 0.1) is 7.11 Å². The Kier molecular flexibility index (Phi) is 4.21. The fraction of sp³-hybridized carbons (Fsp3) is 0.0556. The number of ether oxygens (including phenoxy) is 1. The normalized spacial score (nSPS) is 11.2. The number of aliphatic imine (C=N–C) groups is 1. The third-order valence-electron chi connectivity index (χ3n) is 3.47. The molecule has 3 aromatic carbocycles. The van der Waals surface area contributed by atoms with Crippen molar-refractivity contribution in [3.63, 3.8) is 0 Å². The van der Waals surface area contributed by atoms with Crippen LogP contribution in [0.3, 0.4) is 0 Å². The van der Waals surface area contributed by atoms with Crippen LogP contribution in [0.4, 0.5) is 5.69 Å². The number of aromatic hydroxyl groups is 2. The van der Waals surface area contributed by atoms with E-state index >= 15 is 0 Å². The van der Waals surface area contributed by atoms with Crippen LogP contribution in [0.25, 0.3) is 10.8 Å². The topological polar surface area (TPSA) is 62.0 Å². The quantitative estimate of drug-likeness (QED) is 0.651. The Labute approximate surface area is 141 Å². The van der Waals surface area contributed by atoms with Crippen molar-refractivity contribution in [3.05, 3.63) is 58.6 Å². The Morgan fingerprint density at radius 3 is 2.43 bits per heavy atom. The van der Waals surface area contributed by atoms with Crippen molar-refractivity contribution >= 4 is 38.6 Å². The molecule has 3 aromatic rings. The van der Waals surface area contributed by atoms with Gasteiger partial charge in [0.1, 0.15) is 11.4 Å². The number of phenols is 2. The van der Waals surface area contributed by atoms with Crippen LogP contribution in [-0.2, 0) is 0 Å². The zero-order valence-corrected chi connectivity index (χ0v) is 13.9. The van der Waals surface area contributed by atoms with Crippen molar-refractivity contribution < 1.29 is 14.9 Å². The number of phenolic OH excluding ortho intramolecular Hbond substituents is 2. The molecule has 0 radical (unpaired) electrons. The largest absolute Gasteiger partial charge is 0.506 e. The molecule has 0 atom stereocenters. The second-order valence-electron chi connectivity index (χ2n) is 4.99.